The smallest absolute Gasteiger partial charge is 0.0465 e. The molecule has 1 aromatic rings. The number of rotatable bonds is 2. The molecule has 5 heteroatoms. The van der Waals surface area contributed by atoms with Gasteiger partial charge in [-0.1, -0.05) is 29.3 Å². The Bertz CT molecular complexity index is 371. The highest BCUT2D eigenvalue weighted by Crippen LogP contribution is 2.23. The molecule has 0 amide bonds. The lowest BCUT2D eigenvalue weighted by atomic mass is 10.1. The van der Waals surface area contributed by atoms with Crippen LogP contribution in [0.4, 0.5) is 0 Å². The van der Waals surface area contributed by atoms with Gasteiger partial charge >= 0.3 is 0 Å². The van der Waals surface area contributed by atoms with Gasteiger partial charge in [0.1, 0.15) is 0 Å². The highest BCUT2D eigenvalue weighted by Gasteiger charge is 2.18. The Kier molecular flexibility index (Phi) is 6.04. The molecule has 1 atom stereocenters. The van der Waals surface area contributed by atoms with Gasteiger partial charge in [0.15, 0.2) is 0 Å². The van der Waals surface area contributed by atoms with Crippen molar-refractivity contribution in [2.75, 3.05) is 19.6 Å². The van der Waals surface area contributed by atoms with Crippen LogP contribution in [-0.2, 0) is 6.54 Å². The monoisotopic (exact) mass is 294 g/mol. The Morgan fingerprint density at radius 3 is 2.82 bits per heavy atom. The van der Waals surface area contributed by atoms with Crippen molar-refractivity contribution >= 4 is 35.6 Å². The molecule has 0 radical (unpaired) electrons. The van der Waals surface area contributed by atoms with Crippen molar-refractivity contribution < 1.29 is 0 Å². The van der Waals surface area contributed by atoms with Crippen molar-refractivity contribution in [2.24, 2.45) is 0 Å². The second kappa shape index (κ2) is 6.81. The molecule has 0 bridgehead atoms. The highest BCUT2D eigenvalue weighted by molar-refractivity contribution is 6.35. The lowest BCUT2D eigenvalue weighted by molar-refractivity contribution is 0.165. The fraction of sp³-hybridized carbons (Fsp3) is 0.500. The van der Waals surface area contributed by atoms with Crippen molar-refractivity contribution in [1.29, 1.82) is 0 Å². The molecule has 17 heavy (non-hydrogen) atoms. The van der Waals surface area contributed by atoms with Gasteiger partial charge in [-0.25, -0.2) is 0 Å². The SMILES string of the molecule is C[C@H]1CNCCN1Cc1ccc(Cl)cc1Cl.Cl. The van der Waals surface area contributed by atoms with E-state index >= 15 is 0 Å². The first-order valence-electron chi connectivity index (χ1n) is 5.55. The van der Waals surface area contributed by atoms with Crippen molar-refractivity contribution in [2.45, 2.75) is 19.5 Å². The minimum atomic E-state index is 0. The van der Waals surface area contributed by atoms with Gasteiger partial charge in [0, 0.05) is 42.3 Å². The van der Waals surface area contributed by atoms with Crippen LogP contribution < -0.4 is 5.32 Å². The van der Waals surface area contributed by atoms with Crippen molar-refractivity contribution in [3.8, 4) is 0 Å². The molecule has 0 unspecified atom stereocenters. The van der Waals surface area contributed by atoms with Crippen molar-refractivity contribution in [1.82, 2.24) is 10.2 Å². The first kappa shape index (κ1) is 15.1. The molecule has 96 valence electrons. The van der Waals surface area contributed by atoms with Gasteiger partial charge in [0.2, 0.25) is 0 Å². The predicted molar refractivity (Wildman–Crippen MR) is 76.5 cm³/mol. The number of benzene rings is 1. The van der Waals surface area contributed by atoms with Crippen LogP contribution in [-0.4, -0.2) is 30.6 Å². The Morgan fingerprint density at radius 1 is 1.41 bits per heavy atom. The van der Waals surface area contributed by atoms with E-state index in [-0.39, 0.29) is 12.4 Å². The van der Waals surface area contributed by atoms with Crippen LogP contribution in [0.1, 0.15) is 12.5 Å². The van der Waals surface area contributed by atoms with Crippen LogP contribution in [0, 0.1) is 0 Å². The number of piperazine rings is 1. The van der Waals surface area contributed by atoms with E-state index in [4.69, 9.17) is 23.2 Å². The van der Waals surface area contributed by atoms with Gasteiger partial charge in [-0.3, -0.25) is 4.90 Å². The molecule has 2 nitrogen and oxygen atoms in total. The zero-order valence-electron chi connectivity index (χ0n) is 9.75. The summed E-state index contributed by atoms with van der Waals surface area (Å²) >= 11 is 12.1. The summed E-state index contributed by atoms with van der Waals surface area (Å²) in [7, 11) is 0. The maximum Gasteiger partial charge on any atom is 0.0465 e. The van der Waals surface area contributed by atoms with E-state index in [1.54, 1.807) is 0 Å². The highest BCUT2D eigenvalue weighted by atomic mass is 35.5. The minimum Gasteiger partial charge on any atom is -0.314 e. The van der Waals surface area contributed by atoms with E-state index in [2.05, 4.69) is 17.1 Å². The van der Waals surface area contributed by atoms with Crippen molar-refractivity contribution in [3.63, 3.8) is 0 Å². The predicted octanol–water partition coefficient (Wildman–Crippen LogP) is 3.21. The summed E-state index contributed by atoms with van der Waals surface area (Å²) in [5.74, 6) is 0. The summed E-state index contributed by atoms with van der Waals surface area (Å²) in [5.41, 5.74) is 1.15. The van der Waals surface area contributed by atoms with Crippen LogP contribution in [0.3, 0.4) is 0 Å². The molecule has 1 N–H and O–H groups in total. The van der Waals surface area contributed by atoms with Crippen LogP contribution in [0.25, 0.3) is 0 Å². The number of halogens is 3. The lowest BCUT2D eigenvalue weighted by Crippen LogP contribution is -2.49. The van der Waals surface area contributed by atoms with E-state index in [1.807, 2.05) is 18.2 Å². The van der Waals surface area contributed by atoms with Crippen LogP contribution in [0.5, 0.6) is 0 Å². The third-order valence-electron chi connectivity index (χ3n) is 3.03. The summed E-state index contributed by atoms with van der Waals surface area (Å²) < 4.78 is 0. The summed E-state index contributed by atoms with van der Waals surface area (Å²) in [6.07, 6.45) is 0. The summed E-state index contributed by atoms with van der Waals surface area (Å²) in [6, 6.07) is 6.28. The van der Waals surface area contributed by atoms with Gasteiger partial charge in [0.25, 0.3) is 0 Å². The molecule has 1 heterocycles. The number of nitrogens with one attached hydrogen (secondary N) is 1. The van der Waals surface area contributed by atoms with Crippen molar-refractivity contribution in [3.05, 3.63) is 33.8 Å². The summed E-state index contributed by atoms with van der Waals surface area (Å²) in [4.78, 5) is 2.44. The topological polar surface area (TPSA) is 15.3 Å². The molecular formula is C12H17Cl3N2. The molecule has 1 aromatic carbocycles. The second-order valence-corrected chi connectivity index (χ2v) is 5.10. The van der Waals surface area contributed by atoms with E-state index in [1.165, 1.54) is 0 Å². The Hall–Kier alpha value is 0.01000. The van der Waals surface area contributed by atoms with E-state index in [9.17, 15) is 0 Å². The Balaban J connectivity index is 0.00000144. The zero-order chi connectivity index (χ0) is 11.5. The average molecular weight is 296 g/mol. The largest absolute Gasteiger partial charge is 0.314 e. The molecule has 0 saturated carbocycles. The second-order valence-electron chi connectivity index (χ2n) is 4.26. The van der Waals surface area contributed by atoms with Gasteiger partial charge in [-0.15, -0.1) is 12.4 Å². The van der Waals surface area contributed by atoms with Crippen LogP contribution in [0.2, 0.25) is 10.0 Å². The maximum absolute atomic E-state index is 6.17. The summed E-state index contributed by atoms with van der Waals surface area (Å²) in [6.45, 7) is 6.30. The molecular weight excluding hydrogens is 279 g/mol. The normalized spacial score (nSPS) is 21.0. The fourth-order valence-corrected chi connectivity index (χ4v) is 2.45. The quantitative estimate of drug-likeness (QED) is 0.901. The average Bonchev–Trinajstić information content (AvgIpc) is 2.25. The molecule has 1 aliphatic heterocycles. The lowest BCUT2D eigenvalue weighted by Gasteiger charge is -2.34. The van der Waals surface area contributed by atoms with Gasteiger partial charge in [-0.2, -0.15) is 0 Å². The number of nitrogens with zero attached hydrogens (tertiary/aromatic N) is 1. The third-order valence-corrected chi connectivity index (χ3v) is 3.61. The molecule has 1 saturated heterocycles. The van der Waals surface area contributed by atoms with Crippen LogP contribution >= 0.6 is 35.6 Å². The van der Waals surface area contributed by atoms with E-state index in [0.717, 1.165) is 36.8 Å². The first-order valence-corrected chi connectivity index (χ1v) is 6.31. The van der Waals surface area contributed by atoms with E-state index in [0.29, 0.717) is 11.1 Å². The summed E-state index contributed by atoms with van der Waals surface area (Å²) in [5, 5.41) is 4.84. The van der Waals surface area contributed by atoms with Gasteiger partial charge in [0.05, 0.1) is 0 Å². The molecule has 0 spiro atoms. The van der Waals surface area contributed by atoms with Gasteiger partial charge < -0.3 is 5.32 Å². The van der Waals surface area contributed by atoms with Gasteiger partial charge in [-0.05, 0) is 24.6 Å². The first-order chi connectivity index (χ1) is 7.66. The van der Waals surface area contributed by atoms with Crippen LogP contribution in [0.15, 0.2) is 18.2 Å². The fourth-order valence-electron chi connectivity index (χ4n) is 1.99. The molecule has 1 aliphatic rings. The number of hydrogen-bond acceptors (Lipinski definition) is 2. The molecule has 2 rings (SSSR count). The Morgan fingerprint density at radius 2 is 2.18 bits per heavy atom. The zero-order valence-corrected chi connectivity index (χ0v) is 12.1. The third kappa shape index (κ3) is 4.01. The molecule has 1 fully saturated rings. The standard InChI is InChI=1S/C12H16Cl2N2.ClH/c1-9-7-15-4-5-16(9)8-10-2-3-11(13)6-12(10)14;/h2-3,6,9,15H,4-5,7-8H2,1H3;1H/t9-;/m0./s1. The minimum absolute atomic E-state index is 0. The molecule has 0 aromatic heterocycles. The molecule has 0 aliphatic carbocycles. The van der Waals surface area contributed by atoms with E-state index < -0.39 is 0 Å². The number of hydrogen-bond donors (Lipinski definition) is 1. The maximum atomic E-state index is 6.17. The Labute approximate surface area is 119 Å².